The second kappa shape index (κ2) is 4.98. The zero-order valence-electron chi connectivity index (χ0n) is 10.8. The van der Waals surface area contributed by atoms with Gasteiger partial charge in [0.1, 0.15) is 17.5 Å². The average molecular weight is 296 g/mol. The van der Waals surface area contributed by atoms with Crippen LogP contribution in [-0.4, -0.2) is 17.0 Å². The number of benzene rings is 1. The minimum absolute atomic E-state index is 0.136. The van der Waals surface area contributed by atoms with Crippen molar-refractivity contribution in [2.75, 3.05) is 12.4 Å². The average Bonchev–Trinajstić information content (AvgIpc) is 2.80. The molecule has 0 bridgehead atoms. The Bertz CT molecular complexity index is 655. The van der Waals surface area contributed by atoms with E-state index in [2.05, 4.69) is 15.3 Å². The summed E-state index contributed by atoms with van der Waals surface area (Å²) < 4.78 is 26.7. The van der Waals surface area contributed by atoms with E-state index < -0.39 is 11.6 Å². The summed E-state index contributed by atoms with van der Waals surface area (Å²) in [7, 11) is 1.76. The molecular formula is C14H12ClF2N3. The summed E-state index contributed by atoms with van der Waals surface area (Å²) in [5.74, 6) is -0.632. The number of nitrogens with one attached hydrogen (secondary N) is 1. The molecule has 1 unspecified atom stereocenters. The third-order valence-electron chi connectivity index (χ3n) is 3.55. The first-order valence-electron chi connectivity index (χ1n) is 6.28. The zero-order valence-corrected chi connectivity index (χ0v) is 11.5. The second-order valence-electron chi connectivity index (χ2n) is 4.75. The van der Waals surface area contributed by atoms with E-state index in [-0.39, 0.29) is 11.2 Å². The van der Waals surface area contributed by atoms with E-state index in [0.717, 1.165) is 30.2 Å². The summed E-state index contributed by atoms with van der Waals surface area (Å²) in [5.41, 5.74) is 2.30. The van der Waals surface area contributed by atoms with Gasteiger partial charge in [-0.1, -0.05) is 0 Å². The number of fused-ring (bicyclic) bond motifs is 1. The van der Waals surface area contributed by atoms with E-state index in [1.807, 2.05) is 0 Å². The van der Waals surface area contributed by atoms with Crippen LogP contribution in [0.2, 0.25) is 5.28 Å². The summed E-state index contributed by atoms with van der Waals surface area (Å²) in [6.07, 6.45) is 1.49. The van der Waals surface area contributed by atoms with E-state index in [0.29, 0.717) is 11.4 Å². The van der Waals surface area contributed by atoms with Gasteiger partial charge in [0.05, 0.1) is 5.69 Å². The summed E-state index contributed by atoms with van der Waals surface area (Å²) in [5, 5.41) is 3.12. The number of nitrogens with zero attached hydrogens (tertiary/aromatic N) is 2. The number of rotatable bonds is 2. The number of halogens is 3. The number of hydrogen-bond donors (Lipinski definition) is 1. The number of anilines is 1. The Morgan fingerprint density at radius 3 is 2.55 bits per heavy atom. The SMILES string of the molecule is CNc1nc(Cl)nc2c1CCC2c1cc(F)cc(F)c1. The highest BCUT2D eigenvalue weighted by atomic mass is 35.5. The van der Waals surface area contributed by atoms with E-state index in [1.54, 1.807) is 7.05 Å². The van der Waals surface area contributed by atoms with Crippen LogP contribution in [0, 0.1) is 11.6 Å². The maximum atomic E-state index is 13.4. The molecule has 0 radical (unpaired) electrons. The lowest BCUT2D eigenvalue weighted by Crippen LogP contribution is -2.04. The van der Waals surface area contributed by atoms with Crippen molar-refractivity contribution in [3.8, 4) is 0 Å². The Kier molecular flexibility index (Phi) is 3.30. The standard InChI is InChI=1S/C14H12ClF2N3/c1-18-13-11-3-2-10(12(11)19-14(15)20-13)7-4-8(16)6-9(17)5-7/h4-6,10H,2-3H2,1H3,(H,18,19,20). The smallest absolute Gasteiger partial charge is 0.224 e. The van der Waals surface area contributed by atoms with Gasteiger partial charge >= 0.3 is 0 Å². The fraction of sp³-hybridized carbons (Fsp3) is 0.286. The maximum absolute atomic E-state index is 13.4. The molecule has 104 valence electrons. The third-order valence-corrected chi connectivity index (χ3v) is 3.72. The fourth-order valence-electron chi connectivity index (χ4n) is 2.74. The summed E-state index contributed by atoms with van der Waals surface area (Å²) in [6.45, 7) is 0. The van der Waals surface area contributed by atoms with Crippen LogP contribution in [0.3, 0.4) is 0 Å². The maximum Gasteiger partial charge on any atom is 0.224 e. The quantitative estimate of drug-likeness (QED) is 0.861. The Morgan fingerprint density at radius 1 is 1.20 bits per heavy atom. The van der Waals surface area contributed by atoms with Gasteiger partial charge < -0.3 is 5.32 Å². The zero-order chi connectivity index (χ0) is 14.3. The predicted molar refractivity (Wildman–Crippen MR) is 73.1 cm³/mol. The molecule has 0 amide bonds. The normalized spacial score (nSPS) is 17.1. The van der Waals surface area contributed by atoms with Gasteiger partial charge in [-0.25, -0.2) is 18.7 Å². The third kappa shape index (κ3) is 2.22. The van der Waals surface area contributed by atoms with E-state index >= 15 is 0 Å². The van der Waals surface area contributed by atoms with Crippen LogP contribution in [-0.2, 0) is 6.42 Å². The van der Waals surface area contributed by atoms with Crippen LogP contribution in [0.1, 0.15) is 29.2 Å². The van der Waals surface area contributed by atoms with Crippen molar-refractivity contribution in [3.05, 3.63) is 51.9 Å². The lowest BCUT2D eigenvalue weighted by Gasteiger charge is -2.13. The molecule has 1 aliphatic rings. The Balaban J connectivity index is 2.10. The molecule has 3 nitrogen and oxygen atoms in total. The lowest BCUT2D eigenvalue weighted by atomic mass is 9.96. The van der Waals surface area contributed by atoms with Gasteiger partial charge in [-0.15, -0.1) is 0 Å². The Morgan fingerprint density at radius 2 is 1.90 bits per heavy atom. The van der Waals surface area contributed by atoms with Gasteiger partial charge in [-0.2, -0.15) is 0 Å². The molecule has 1 aromatic carbocycles. The molecule has 1 aromatic heterocycles. The van der Waals surface area contributed by atoms with Crippen molar-refractivity contribution in [1.82, 2.24) is 9.97 Å². The topological polar surface area (TPSA) is 37.8 Å². The van der Waals surface area contributed by atoms with Crippen LogP contribution < -0.4 is 5.32 Å². The minimum atomic E-state index is -0.581. The molecule has 1 N–H and O–H groups in total. The molecule has 0 aliphatic heterocycles. The minimum Gasteiger partial charge on any atom is -0.373 e. The number of aromatic nitrogens is 2. The van der Waals surface area contributed by atoms with Crippen molar-refractivity contribution in [2.24, 2.45) is 0 Å². The van der Waals surface area contributed by atoms with Crippen molar-refractivity contribution in [1.29, 1.82) is 0 Å². The van der Waals surface area contributed by atoms with Crippen LogP contribution in [0.15, 0.2) is 18.2 Å². The Labute approximate surface area is 120 Å². The van der Waals surface area contributed by atoms with Crippen molar-refractivity contribution >= 4 is 17.4 Å². The highest BCUT2D eigenvalue weighted by Crippen LogP contribution is 2.40. The van der Waals surface area contributed by atoms with Gasteiger partial charge in [-0.05, 0) is 42.1 Å². The van der Waals surface area contributed by atoms with Gasteiger partial charge in [-0.3, -0.25) is 0 Å². The first-order chi connectivity index (χ1) is 9.58. The van der Waals surface area contributed by atoms with Crippen molar-refractivity contribution in [2.45, 2.75) is 18.8 Å². The predicted octanol–water partition coefficient (Wildman–Crippen LogP) is 3.53. The van der Waals surface area contributed by atoms with Crippen molar-refractivity contribution in [3.63, 3.8) is 0 Å². The number of hydrogen-bond acceptors (Lipinski definition) is 3. The molecule has 0 fully saturated rings. The van der Waals surface area contributed by atoms with Gasteiger partial charge in [0.25, 0.3) is 0 Å². The Hall–Kier alpha value is -1.75. The van der Waals surface area contributed by atoms with Gasteiger partial charge in [0.2, 0.25) is 5.28 Å². The van der Waals surface area contributed by atoms with Crippen molar-refractivity contribution < 1.29 is 8.78 Å². The van der Waals surface area contributed by atoms with Crippen LogP contribution in [0.5, 0.6) is 0 Å². The molecular weight excluding hydrogens is 284 g/mol. The first-order valence-corrected chi connectivity index (χ1v) is 6.66. The molecule has 0 saturated heterocycles. The fourth-order valence-corrected chi connectivity index (χ4v) is 2.92. The molecule has 20 heavy (non-hydrogen) atoms. The lowest BCUT2D eigenvalue weighted by molar-refractivity contribution is 0.576. The molecule has 0 saturated carbocycles. The van der Waals surface area contributed by atoms with Gasteiger partial charge in [0.15, 0.2) is 0 Å². The first kappa shape index (κ1) is 13.2. The highest BCUT2D eigenvalue weighted by Gasteiger charge is 2.29. The van der Waals surface area contributed by atoms with E-state index in [4.69, 9.17) is 11.6 Å². The molecule has 2 aromatic rings. The van der Waals surface area contributed by atoms with E-state index in [9.17, 15) is 8.78 Å². The van der Waals surface area contributed by atoms with Gasteiger partial charge in [0, 0.05) is 24.6 Å². The van der Waals surface area contributed by atoms with Crippen LogP contribution in [0.4, 0.5) is 14.6 Å². The highest BCUT2D eigenvalue weighted by molar-refractivity contribution is 6.28. The molecule has 3 rings (SSSR count). The molecule has 1 atom stereocenters. The summed E-state index contributed by atoms with van der Waals surface area (Å²) in [6, 6.07) is 3.56. The second-order valence-corrected chi connectivity index (χ2v) is 5.09. The monoisotopic (exact) mass is 295 g/mol. The molecule has 6 heteroatoms. The summed E-state index contributed by atoms with van der Waals surface area (Å²) in [4.78, 5) is 8.37. The molecule has 1 aliphatic carbocycles. The summed E-state index contributed by atoms with van der Waals surface area (Å²) >= 11 is 5.91. The molecule has 0 spiro atoms. The largest absolute Gasteiger partial charge is 0.373 e. The molecule has 1 heterocycles. The van der Waals surface area contributed by atoms with Crippen LogP contribution >= 0.6 is 11.6 Å². The van der Waals surface area contributed by atoms with E-state index in [1.165, 1.54) is 12.1 Å². The van der Waals surface area contributed by atoms with Crippen LogP contribution in [0.25, 0.3) is 0 Å².